The first-order chi connectivity index (χ1) is 14.2. The van der Waals surface area contributed by atoms with Gasteiger partial charge in [0.1, 0.15) is 17.2 Å². The lowest BCUT2D eigenvalue weighted by molar-refractivity contribution is -0.117. The fraction of sp³-hybridized carbons (Fsp3) is 0.455. The summed E-state index contributed by atoms with van der Waals surface area (Å²) in [7, 11) is 1.55. The first-order valence-corrected chi connectivity index (χ1v) is 10.1. The molecule has 0 saturated heterocycles. The molecule has 0 fully saturated rings. The number of carbonyl (C=O) groups is 2. The molecule has 0 radical (unpaired) electrons. The maximum Gasteiger partial charge on any atom is 0.261 e. The predicted octanol–water partition coefficient (Wildman–Crippen LogP) is 3.23. The van der Waals surface area contributed by atoms with Crippen LogP contribution in [-0.2, 0) is 4.79 Å². The van der Waals surface area contributed by atoms with Gasteiger partial charge in [0.05, 0.1) is 11.3 Å². The van der Waals surface area contributed by atoms with Crippen LogP contribution in [0.5, 0.6) is 0 Å². The van der Waals surface area contributed by atoms with Gasteiger partial charge in [0.2, 0.25) is 0 Å². The Labute approximate surface area is 178 Å². The molecule has 2 amide bonds. The Morgan fingerprint density at radius 1 is 1.17 bits per heavy atom. The van der Waals surface area contributed by atoms with Gasteiger partial charge in [0, 0.05) is 19.3 Å². The summed E-state index contributed by atoms with van der Waals surface area (Å²) in [6.45, 7) is 13.9. The predicted molar refractivity (Wildman–Crippen MR) is 117 cm³/mol. The minimum absolute atomic E-state index is 0.0194. The van der Waals surface area contributed by atoms with Gasteiger partial charge in [0.25, 0.3) is 11.8 Å². The van der Waals surface area contributed by atoms with Gasteiger partial charge in [-0.15, -0.1) is 0 Å². The maximum atomic E-state index is 13.7. The number of amides is 2. The average Bonchev–Trinajstić information content (AvgIpc) is 2.71. The third kappa shape index (κ3) is 9.65. The van der Waals surface area contributed by atoms with Crippen LogP contribution in [0.15, 0.2) is 42.2 Å². The molecule has 1 aromatic rings. The SMILES string of the molecule is C=C(C(=O)NC(C)CC)/C(=C\NC)NC(=O)c1c(F)cccc1F.CCCNCC. The van der Waals surface area contributed by atoms with Crippen LogP contribution in [0, 0.1) is 11.6 Å². The molecule has 1 aromatic carbocycles. The molecule has 8 heteroatoms. The van der Waals surface area contributed by atoms with Crippen molar-refractivity contribution >= 4 is 11.8 Å². The molecule has 0 aliphatic heterocycles. The molecular formula is C22H34F2N4O2. The number of hydrogen-bond acceptors (Lipinski definition) is 4. The first kappa shape index (κ1) is 27.3. The Morgan fingerprint density at radius 3 is 2.20 bits per heavy atom. The van der Waals surface area contributed by atoms with Crippen molar-refractivity contribution in [1.82, 2.24) is 21.3 Å². The molecule has 1 rings (SSSR count). The van der Waals surface area contributed by atoms with E-state index in [1.807, 2.05) is 13.8 Å². The summed E-state index contributed by atoms with van der Waals surface area (Å²) in [5, 5.41) is 10.9. The number of hydrogen-bond donors (Lipinski definition) is 4. The Kier molecular flexibility index (Phi) is 13.8. The summed E-state index contributed by atoms with van der Waals surface area (Å²) in [6, 6.07) is 3.03. The van der Waals surface area contributed by atoms with Crippen LogP contribution in [0.1, 0.15) is 50.9 Å². The molecule has 0 heterocycles. The standard InChI is InChI=1S/C17H21F2N3O2.C5H13N/c1-5-10(2)21-16(23)11(3)14(9-20-4)22-17(24)15-12(18)7-6-8-13(15)19;1-3-5-6-4-2/h6-10,20H,3,5H2,1-2,4H3,(H,21,23)(H,22,24);6H,3-5H2,1-2H3/b14-9+;. The Bertz CT molecular complexity index is 712. The van der Waals surface area contributed by atoms with E-state index in [-0.39, 0.29) is 17.3 Å². The Morgan fingerprint density at radius 2 is 1.77 bits per heavy atom. The lowest BCUT2D eigenvalue weighted by atomic mass is 10.1. The highest BCUT2D eigenvalue weighted by atomic mass is 19.1. The summed E-state index contributed by atoms with van der Waals surface area (Å²) < 4.78 is 27.4. The first-order valence-electron chi connectivity index (χ1n) is 10.1. The highest BCUT2D eigenvalue weighted by Gasteiger charge is 2.21. The average molecular weight is 425 g/mol. The second-order valence-electron chi connectivity index (χ2n) is 6.51. The molecule has 6 nitrogen and oxygen atoms in total. The maximum absolute atomic E-state index is 13.7. The monoisotopic (exact) mass is 424 g/mol. The molecule has 1 unspecified atom stereocenters. The van der Waals surface area contributed by atoms with Crippen molar-refractivity contribution in [3.63, 3.8) is 0 Å². The van der Waals surface area contributed by atoms with Gasteiger partial charge in [-0.2, -0.15) is 0 Å². The highest BCUT2D eigenvalue weighted by Crippen LogP contribution is 2.14. The van der Waals surface area contributed by atoms with E-state index in [1.54, 1.807) is 7.05 Å². The van der Waals surface area contributed by atoms with Gasteiger partial charge in [-0.1, -0.05) is 33.4 Å². The lowest BCUT2D eigenvalue weighted by Gasteiger charge is -2.16. The molecule has 0 aliphatic rings. The van der Waals surface area contributed by atoms with Gasteiger partial charge < -0.3 is 21.3 Å². The Balaban J connectivity index is 0.00000122. The summed E-state index contributed by atoms with van der Waals surface area (Å²) >= 11 is 0. The third-order valence-corrected chi connectivity index (χ3v) is 3.99. The van der Waals surface area contributed by atoms with E-state index in [9.17, 15) is 18.4 Å². The summed E-state index contributed by atoms with van der Waals surface area (Å²) in [6.07, 6.45) is 3.28. The number of benzene rings is 1. The molecule has 0 aromatic heterocycles. The molecule has 1 atom stereocenters. The number of halogens is 2. The van der Waals surface area contributed by atoms with Crippen molar-refractivity contribution in [3.8, 4) is 0 Å². The van der Waals surface area contributed by atoms with Crippen molar-refractivity contribution in [2.45, 2.75) is 46.6 Å². The molecule has 0 aliphatic carbocycles. The fourth-order valence-corrected chi connectivity index (χ4v) is 2.13. The molecular weight excluding hydrogens is 390 g/mol. The van der Waals surface area contributed by atoms with Crippen molar-refractivity contribution in [1.29, 1.82) is 0 Å². The van der Waals surface area contributed by atoms with Crippen LogP contribution in [-0.4, -0.2) is 38.0 Å². The summed E-state index contributed by atoms with van der Waals surface area (Å²) in [5.74, 6) is -3.48. The quantitative estimate of drug-likeness (QED) is 0.264. The zero-order chi connectivity index (χ0) is 23.1. The minimum atomic E-state index is -1.01. The van der Waals surface area contributed by atoms with Crippen LogP contribution in [0.25, 0.3) is 0 Å². The fourth-order valence-electron chi connectivity index (χ4n) is 2.13. The summed E-state index contributed by atoms with van der Waals surface area (Å²) in [4.78, 5) is 24.2. The van der Waals surface area contributed by atoms with Crippen molar-refractivity contribution in [2.75, 3.05) is 20.1 Å². The van der Waals surface area contributed by atoms with E-state index >= 15 is 0 Å². The van der Waals surface area contributed by atoms with Gasteiger partial charge in [-0.3, -0.25) is 9.59 Å². The van der Waals surface area contributed by atoms with Crippen LogP contribution >= 0.6 is 0 Å². The van der Waals surface area contributed by atoms with Gasteiger partial charge in [-0.05, 0) is 45.0 Å². The van der Waals surface area contributed by atoms with E-state index in [0.29, 0.717) is 0 Å². The largest absolute Gasteiger partial charge is 0.392 e. The minimum Gasteiger partial charge on any atom is -0.392 e. The number of nitrogens with one attached hydrogen (secondary N) is 4. The van der Waals surface area contributed by atoms with Crippen molar-refractivity contribution in [3.05, 3.63) is 59.4 Å². The second kappa shape index (κ2) is 15.1. The van der Waals surface area contributed by atoms with Crippen molar-refractivity contribution in [2.24, 2.45) is 0 Å². The van der Waals surface area contributed by atoms with E-state index in [1.165, 1.54) is 12.6 Å². The molecule has 0 saturated carbocycles. The van der Waals surface area contributed by atoms with E-state index in [2.05, 4.69) is 41.7 Å². The smallest absolute Gasteiger partial charge is 0.261 e. The topological polar surface area (TPSA) is 82.3 Å². The summed E-state index contributed by atoms with van der Waals surface area (Å²) in [5.41, 5.74) is -0.740. The van der Waals surface area contributed by atoms with Crippen LogP contribution in [0.4, 0.5) is 8.78 Å². The lowest BCUT2D eigenvalue weighted by Crippen LogP contribution is -2.36. The number of rotatable bonds is 10. The molecule has 0 spiro atoms. The highest BCUT2D eigenvalue weighted by molar-refractivity contribution is 6.01. The molecule has 168 valence electrons. The van der Waals surface area contributed by atoms with Gasteiger partial charge in [-0.25, -0.2) is 8.78 Å². The second-order valence-corrected chi connectivity index (χ2v) is 6.51. The van der Waals surface area contributed by atoms with Gasteiger partial charge in [0.15, 0.2) is 0 Å². The van der Waals surface area contributed by atoms with Crippen LogP contribution in [0.2, 0.25) is 0 Å². The Hall–Kier alpha value is -2.74. The van der Waals surface area contributed by atoms with Crippen LogP contribution in [0.3, 0.4) is 0 Å². The zero-order valence-electron chi connectivity index (χ0n) is 18.5. The van der Waals surface area contributed by atoms with E-state index in [4.69, 9.17) is 0 Å². The van der Waals surface area contributed by atoms with E-state index < -0.39 is 29.0 Å². The van der Waals surface area contributed by atoms with E-state index in [0.717, 1.165) is 37.7 Å². The van der Waals surface area contributed by atoms with Crippen LogP contribution < -0.4 is 21.3 Å². The molecule has 30 heavy (non-hydrogen) atoms. The van der Waals surface area contributed by atoms with Gasteiger partial charge >= 0.3 is 0 Å². The zero-order valence-corrected chi connectivity index (χ0v) is 18.5. The molecule has 0 bridgehead atoms. The normalized spacial score (nSPS) is 11.6. The number of carbonyl (C=O) groups excluding carboxylic acids is 2. The van der Waals surface area contributed by atoms with Crippen molar-refractivity contribution < 1.29 is 18.4 Å². The third-order valence-electron chi connectivity index (χ3n) is 3.99. The molecule has 4 N–H and O–H groups in total.